The van der Waals surface area contributed by atoms with Crippen LogP contribution >= 0.6 is 0 Å². The Balaban J connectivity index is 2.44. The SMILES string of the molecule is O=C(CC(=O)C(F)(F)F)N1CCOCC1. The van der Waals surface area contributed by atoms with E-state index in [-0.39, 0.29) is 13.1 Å². The first kappa shape index (κ1) is 12.0. The van der Waals surface area contributed by atoms with Gasteiger partial charge in [-0.25, -0.2) is 0 Å². The molecular formula is C8H10F3NO3. The molecule has 0 aromatic heterocycles. The number of carbonyl (C=O) groups excluding carboxylic acids is 2. The van der Waals surface area contributed by atoms with Gasteiger partial charge in [-0.15, -0.1) is 0 Å². The van der Waals surface area contributed by atoms with Gasteiger partial charge in [0.05, 0.1) is 19.6 Å². The third-order valence-corrected chi connectivity index (χ3v) is 1.99. The smallest absolute Gasteiger partial charge is 0.378 e. The summed E-state index contributed by atoms with van der Waals surface area (Å²) in [5.41, 5.74) is 0. The summed E-state index contributed by atoms with van der Waals surface area (Å²) in [6, 6.07) is 0. The summed E-state index contributed by atoms with van der Waals surface area (Å²) in [7, 11) is 0. The molecule has 0 aliphatic carbocycles. The van der Waals surface area contributed by atoms with E-state index in [2.05, 4.69) is 0 Å². The second-order valence-corrected chi connectivity index (χ2v) is 3.09. The average molecular weight is 225 g/mol. The summed E-state index contributed by atoms with van der Waals surface area (Å²) in [5, 5.41) is 0. The Morgan fingerprint density at radius 3 is 2.20 bits per heavy atom. The van der Waals surface area contributed by atoms with Gasteiger partial charge in [-0.1, -0.05) is 0 Å². The molecule has 0 aromatic rings. The number of hydrogen-bond donors (Lipinski definition) is 0. The minimum Gasteiger partial charge on any atom is -0.378 e. The van der Waals surface area contributed by atoms with Crippen LogP contribution in [0, 0.1) is 0 Å². The first-order valence-corrected chi connectivity index (χ1v) is 4.37. The maximum Gasteiger partial charge on any atom is 0.450 e. The number of morpholine rings is 1. The predicted octanol–water partition coefficient (Wildman–Crippen LogP) is 0.367. The lowest BCUT2D eigenvalue weighted by Gasteiger charge is -2.26. The lowest BCUT2D eigenvalue weighted by Crippen LogP contribution is -2.42. The van der Waals surface area contributed by atoms with Crippen LogP contribution in [-0.2, 0) is 14.3 Å². The van der Waals surface area contributed by atoms with Crippen molar-refractivity contribution >= 4 is 11.7 Å². The van der Waals surface area contributed by atoms with Gasteiger partial charge in [-0.3, -0.25) is 9.59 Å². The zero-order valence-electron chi connectivity index (χ0n) is 7.84. The number of halogens is 3. The molecule has 0 aromatic carbocycles. The number of amides is 1. The third-order valence-electron chi connectivity index (χ3n) is 1.99. The normalized spacial score (nSPS) is 17.7. The van der Waals surface area contributed by atoms with E-state index in [0.29, 0.717) is 13.2 Å². The molecule has 0 N–H and O–H groups in total. The Morgan fingerprint density at radius 1 is 1.20 bits per heavy atom. The van der Waals surface area contributed by atoms with Crippen LogP contribution in [0.4, 0.5) is 13.2 Å². The van der Waals surface area contributed by atoms with Crippen LogP contribution < -0.4 is 0 Å². The molecule has 1 fully saturated rings. The highest BCUT2D eigenvalue weighted by Crippen LogP contribution is 2.18. The minimum atomic E-state index is -4.93. The second kappa shape index (κ2) is 4.61. The summed E-state index contributed by atoms with van der Waals surface area (Å²) < 4.78 is 40.4. The molecule has 1 rings (SSSR count). The highest BCUT2D eigenvalue weighted by molar-refractivity contribution is 6.00. The molecule has 86 valence electrons. The van der Waals surface area contributed by atoms with Crippen molar-refractivity contribution in [3.8, 4) is 0 Å². The number of ether oxygens (including phenoxy) is 1. The van der Waals surface area contributed by atoms with Gasteiger partial charge < -0.3 is 9.64 Å². The molecule has 1 aliphatic rings. The molecule has 0 atom stereocenters. The summed E-state index contributed by atoms with van der Waals surface area (Å²) >= 11 is 0. The zero-order chi connectivity index (χ0) is 11.5. The molecule has 7 heteroatoms. The standard InChI is InChI=1S/C8H10F3NO3/c9-8(10,11)6(13)5-7(14)12-1-3-15-4-2-12/h1-5H2. The molecule has 4 nitrogen and oxygen atoms in total. The Labute approximate surface area is 84.0 Å². The second-order valence-electron chi connectivity index (χ2n) is 3.09. The van der Waals surface area contributed by atoms with Crippen LogP contribution in [0.15, 0.2) is 0 Å². The first-order chi connectivity index (χ1) is 6.91. The van der Waals surface area contributed by atoms with E-state index in [1.807, 2.05) is 0 Å². The van der Waals surface area contributed by atoms with Gasteiger partial charge in [0.25, 0.3) is 0 Å². The molecule has 0 radical (unpaired) electrons. The van der Waals surface area contributed by atoms with Gasteiger partial charge in [0.2, 0.25) is 11.7 Å². The molecule has 0 spiro atoms. The summed E-state index contributed by atoms with van der Waals surface area (Å²) in [5.74, 6) is -2.79. The van der Waals surface area contributed by atoms with E-state index in [4.69, 9.17) is 4.74 Å². The Bertz CT molecular complexity index is 258. The monoisotopic (exact) mass is 225 g/mol. The fourth-order valence-electron chi connectivity index (χ4n) is 1.16. The number of alkyl halides is 3. The van der Waals surface area contributed by atoms with Gasteiger partial charge in [0.15, 0.2) is 0 Å². The van der Waals surface area contributed by atoms with Crippen LogP contribution in [0.1, 0.15) is 6.42 Å². The minimum absolute atomic E-state index is 0.240. The maximum absolute atomic E-state index is 11.8. The van der Waals surface area contributed by atoms with Crippen LogP contribution in [0.5, 0.6) is 0 Å². The number of hydrogen-bond acceptors (Lipinski definition) is 3. The predicted molar refractivity (Wildman–Crippen MR) is 43.1 cm³/mol. The van der Waals surface area contributed by atoms with Crippen molar-refractivity contribution in [3.63, 3.8) is 0 Å². The molecule has 15 heavy (non-hydrogen) atoms. The van der Waals surface area contributed by atoms with Crippen LogP contribution in [0.25, 0.3) is 0 Å². The Kier molecular flexibility index (Phi) is 3.67. The van der Waals surface area contributed by atoms with Gasteiger partial charge in [-0.05, 0) is 0 Å². The number of Topliss-reactive ketones (excluding diaryl/α,β-unsaturated/α-hetero) is 1. The summed E-state index contributed by atoms with van der Waals surface area (Å²) in [6.07, 6.45) is -6.04. The van der Waals surface area contributed by atoms with Crippen molar-refractivity contribution in [2.24, 2.45) is 0 Å². The van der Waals surface area contributed by atoms with Crippen molar-refractivity contribution in [3.05, 3.63) is 0 Å². The highest BCUT2D eigenvalue weighted by Gasteiger charge is 2.40. The lowest BCUT2D eigenvalue weighted by atomic mass is 10.2. The van der Waals surface area contributed by atoms with Crippen molar-refractivity contribution in [2.75, 3.05) is 26.3 Å². The summed E-state index contributed by atoms with van der Waals surface area (Å²) in [4.78, 5) is 22.9. The highest BCUT2D eigenvalue weighted by atomic mass is 19.4. The molecular weight excluding hydrogens is 215 g/mol. The molecule has 1 amide bonds. The number of nitrogens with zero attached hydrogens (tertiary/aromatic N) is 1. The molecule has 0 bridgehead atoms. The fraction of sp³-hybridized carbons (Fsp3) is 0.750. The van der Waals surface area contributed by atoms with Crippen LogP contribution in [-0.4, -0.2) is 49.1 Å². The van der Waals surface area contributed by atoms with E-state index in [9.17, 15) is 22.8 Å². The molecule has 1 heterocycles. The van der Waals surface area contributed by atoms with Gasteiger partial charge in [0.1, 0.15) is 0 Å². The number of rotatable bonds is 2. The lowest BCUT2D eigenvalue weighted by molar-refractivity contribution is -0.173. The molecule has 1 saturated heterocycles. The topological polar surface area (TPSA) is 46.6 Å². The first-order valence-electron chi connectivity index (χ1n) is 4.37. The quantitative estimate of drug-likeness (QED) is 0.638. The number of ketones is 1. The van der Waals surface area contributed by atoms with Crippen molar-refractivity contribution < 1.29 is 27.5 Å². The van der Waals surface area contributed by atoms with Gasteiger partial charge in [0, 0.05) is 13.1 Å². The van der Waals surface area contributed by atoms with Crippen molar-refractivity contribution in [2.45, 2.75) is 12.6 Å². The zero-order valence-corrected chi connectivity index (χ0v) is 7.84. The van der Waals surface area contributed by atoms with Gasteiger partial charge >= 0.3 is 6.18 Å². The van der Waals surface area contributed by atoms with Crippen LogP contribution in [0.3, 0.4) is 0 Å². The fourth-order valence-corrected chi connectivity index (χ4v) is 1.16. The van der Waals surface area contributed by atoms with Crippen molar-refractivity contribution in [1.29, 1.82) is 0 Å². The van der Waals surface area contributed by atoms with E-state index < -0.39 is 24.3 Å². The van der Waals surface area contributed by atoms with Crippen molar-refractivity contribution in [1.82, 2.24) is 4.90 Å². The maximum atomic E-state index is 11.8. The van der Waals surface area contributed by atoms with Crippen LogP contribution in [0.2, 0.25) is 0 Å². The molecule has 1 aliphatic heterocycles. The van der Waals surface area contributed by atoms with E-state index in [0.717, 1.165) is 0 Å². The van der Waals surface area contributed by atoms with Gasteiger partial charge in [-0.2, -0.15) is 13.2 Å². The summed E-state index contributed by atoms with van der Waals surface area (Å²) in [6.45, 7) is 1.08. The van der Waals surface area contributed by atoms with E-state index in [1.165, 1.54) is 4.90 Å². The largest absolute Gasteiger partial charge is 0.450 e. The molecule has 0 unspecified atom stereocenters. The number of carbonyl (C=O) groups is 2. The average Bonchev–Trinajstić information content (AvgIpc) is 2.17. The Morgan fingerprint density at radius 2 is 1.73 bits per heavy atom. The Hall–Kier alpha value is -1.11. The van der Waals surface area contributed by atoms with E-state index in [1.54, 1.807) is 0 Å². The third kappa shape index (κ3) is 3.50. The van der Waals surface area contributed by atoms with E-state index >= 15 is 0 Å². The molecule has 0 saturated carbocycles.